The predicted molar refractivity (Wildman–Crippen MR) is 119 cm³/mol. The van der Waals surface area contributed by atoms with E-state index in [1.54, 1.807) is 13.2 Å². The van der Waals surface area contributed by atoms with Crippen LogP contribution in [-0.2, 0) is 11.2 Å². The lowest BCUT2D eigenvalue weighted by Gasteiger charge is -2.10. The van der Waals surface area contributed by atoms with Crippen LogP contribution in [0.5, 0.6) is 5.75 Å². The van der Waals surface area contributed by atoms with Crippen LogP contribution in [-0.4, -0.2) is 24.5 Å². The third kappa shape index (κ3) is 3.76. The van der Waals surface area contributed by atoms with E-state index in [-0.39, 0.29) is 5.57 Å². The molecule has 5 heteroatoms. The minimum Gasteiger partial charge on any atom is -0.496 e. The summed E-state index contributed by atoms with van der Waals surface area (Å²) in [4.78, 5) is 15.9. The summed E-state index contributed by atoms with van der Waals surface area (Å²) in [6, 6.07) is 21.7. The summed E-state index contributed by atoms with van der Waals surface area (Å²) in [6.45, 7) is 0.437. The van der Waals surface area contributed by atoms with Crippen molar-refractivity contribution in [3.63, 3.8) is 0 Å². The molecule has 1 amide bonds. The van der Waals surface area contributed by atoms with Gasteiger partial charge >= 0.3 is 0 Å². The lowest BCUT2D eigenvalue weighted by Crippen LogP contribution is -2.26. The van der Waals surface area contributed by atoms with Gasteiger partial charge in [-0.3, -0.25) is 4.79 Å². The van der Waals surface area contributed by atoms with Crippen LogP contribution >= 0.6 is 0 Å². The Bertz CT molecular complexity index is 1290. The molecule has 0 saturated heterocycles. The van der Waals surface area contributed by atoms with E-state index in [0.717, 1.165) is 32.8 Å². The van der Waals surface area contributed by atoms with Crippen molar-refractivity contribution in [3.05, 3.63) is 83.6 Å². The second-order valence-electron chi connectivity index (χ2n) is 6.94. The number of carbonyl (C=O) groups excluding carboxylic acids is 1. The number of ether oxygens (including phenoxy) is 1. The number of nitrogens with zero attached hydrogens (tertiary/aromatic N) is 1. The van der Waals surface area contributed by atoms with E-state index in [9.17, 15) is 10.1 Å². The molecule has 0 unspecified atom stereocenters. The van der Waals surface area contributed by atoms with Gasteiger partial charge in [-0.15, -0.1) is 0 Å². The third-order valence-electron chi connectivity index (χ3n) is 5.16. The van der Waals surface area contributed by atoms with Gasteiger partial charge in [-0.05, 0) is 41.0 Å². The molecule has 0 aliphatic heterocycles. The number of fused-ring (bicyclic) bond motifs is 2. The van der Waals surface area contributed by atoms with Gasteiger partial charge in [0, 0.05) is 29.2 Å². The Morgan fingerprint density at radius 3 is 2.67 bits per heavy atom. The zero-order valence-electron chi connectivity index (χ0n) is 16.6. The molecule has 1 heterocycles. The topological polar surface area (TPSA) is 77.9 Å². The first-order chi connectivity index (χ1) is 14.7. The van der Waals surface area contributed by atoms with Crippen LogP contribution in [0.25, 0.3) is 27.8 Å². The third-order valence-corrected chi connectivity index (χ3v) is 5.16. The van der Waals surface area contributed by atoms with Crippen molar-refractivity contribution in [3.8, 4) is 11.8 Å². The van der Waals surface area contributed by atoms with Crippen LogP contribution in [0, 0.1) is 11.3 Å². The summed E-state index contributed by atoms with van der Waals surface area (Å²) in [6.07, 6.45) is 4.23. The van der Waals surface area contributed by atoms with E-state index in [1.165, 1.54) is 0 Å². The molecule has 4 aromatic rings. The van der Waals surface area contributed by atoms with E-state index >= 15 is 0 Å². The fourth-order valence-corrected chi connectivity index (χ4v) is 3.64. The Hall–Kier alpha value is -4.04. The van der Waals surface area contributed by atoms with Gasteiger partial charge in [0.1, 0.15) is 17.4 Å². The van der Waals surface area contributed by atoms with Crippen molar-refractivity contribution in [1.82, 2.24) is 10.3 Å². The molecule has 1 aromatic heterocycles. The maximum absolute atomic E-state index is 12.7. The number of rotatable bonds is 6. The molecule has 0 aliphatic rings. The number of methoxy groups -OCH3 is 1. The van der Waals surface area contributed by atoms with Crippen molar-refractivity contribution in [1.29, 1.82) is 5.26 Å². The van der Waals surface area contributed by atoms with Crippen LogP contribution in [0.15, 0.2) is 72.4 Å². The number of amides is 1. The van der Waals surface area contributed by atoms with Gasteiger partial charge in [0.2, 0.25) is 0 Å². The number of benzene rings is 3. The number of nitriles is 1. The standard InChI is InChI=1S/C25H21N3O2/c1-30-24-11-10-17-6-2-3-7-20(17)22(24)14-19(15-26)25(29)27-13-12-18-16-28-23-9-5-4-8-21(18)23/h2-11,14,16,28H,12-13H2,1H3,(H,27,29). The maximum Gasteiger partial charge on any atom is 0.261 e. The molecule has 0 spiro atoms. The van der Waals surface area contributed by atoms with Crippen LogP contribution in [0.2, 0.25) is 0 Å². The maximum atomic E-state index is 12.7. The number of nitrogens with one attached hydrogen (secondary N) is 2. The van der Waals surface area contributed by atoms with E-state index in [1.807, 2.05) is 66.9 Å². The lowest BCUT2D eigenvalue weighted by atomic mass is 10.0. The average molecular weight is 395 g/mol. The number of carbonyl (C=O) groups is 1. The molecule has 3 aromatic carbocycles. The lowest BCUT2D eigenvalue weighted by molar-refractivity contribution is -0.117. The van der Waals surface area contributed by atoms with Crippen LogP contribution < -0.4 is 10.1 Å². The predicted octanol–water partition coefficient (Wildman–Crippen LogP) is 4.60. The SMILES string of the molecule is COc1ccc2ccccc2c1C=C(C#N)C(=O)NCCc1c[nH]c2ccccc12. The van der Waals surface area contributed by atoms with Crippen molar-refractivity contribution in [2.24, 2.45) is 0 Å². The molecule has 0 atom stereocenters. The van der Waals surface area contributed by atoms with Gasteiger partial charge in [-0.25, -0.2) is 0 Å². The van der Waals surface area contributed by atoms with Gasteiger partial charge in [0.25, 0.3) is 5.91 Å². The fourth-order valence-electron chi connectivity index (χ4n) is 3.64. The van der Waals surface area contributed by atoms with E-state index in [0.29, 0.717) is 18.7 Å². The van der Waals surface area contributed by atoms with Crippen molar-refractivity contribution < 1.29 is 9.53 Å². The first-order valence-corrected chi connectivity index (χ1v) is 9.72. The molecule has 30 heavy (non-hydrogen) atoms. The molecule has 5 nitrogen and oxygen atoms in total. The molecular formula is C25H21N3O2. The highest BCUT2D eigenvalue weighted by Gasteiger charge is 2.13. The van der Waals surface area contributed by atoms with Gasteiger partial charge in [-0.1, -0.05) is 48.5 Å². The fraction of sp³-hybridized carbons (Fsp3) is 0.120. The number of para-hydroxylation sites is 1. The zero-order valence-corrected chi connectivity index (χ0v) is 16.6. The molecular weight excluding hydrogens is 374 g/mol. The monoisotopic (exact) mass is 395 g/mol. The molecule has 148 valence electrons. The smallest absolute Gasteiger partial charge is 0.261 e. The summed E-state index contributed by atoms with van der Waals surface area (Å²) in [5, 5.41) is 15.5. The highest BCUT2D eigenvalue weighted by Crippen LogP contribution is 2.30. The summed E-state index contributed by atoms with van der Waals surface area (Å²) in [7, 11) is 1.58. The number of H-pyrrole nitrogens is 1. The number of hydrogen-bond donors (Lipinski definition) is 2. The summed E-state index contributed by atoms with van der Waals surface area (Å²) >= 11 is 0. The van der Waals surface area contributed by atoms with Gasteiger partial charge in [0.15, 0.2) is 0 Å². The second-order valence-corrected chi connectivity index (χ2v) is 6.94. The average Bonchev–Trinajstić information content (AvgIpc) is 3.20. The van der Waals surface area contributed by atoms with Crippen LogP contribution in [0.1, 0.15) is 11.1 Å². The minimum absolute atomic E-state index is 0.0450. The normalized spacial score (nSPS) is 11.4. The van der Waals surface area contributed by atoms with Crippen molar-refractivity contribution in [2.45, 2.75) is 6.42 Å². The molecule has 0 saturated carbocycles. The highest BCUT2D eigenvalue weighted by molar-refractivity contribution is 6.05. The Balaban J connectivity index is 1.54. The number of aromatic amines is 1. The Morgan fingerprint density at radius 1 is 1.10 bits per heavy atom. The van der Waals surface area contributed by atoms with Gasteiger partial charge in [0.05, 0.1) is 7.11 Å². The number of aromatic nitrogens is 1. The minimum atomic E-state index is -0.396. The Labute approximate surface area is 174 Å². The molecule has 2 N–H and O–H groups in total. The highest BCUT2D eigenvalue weighted by atomic mass is 16.5. The summed E-state index contributed by atoms with van der Waals surface area (Å²) in [5.74, 6) is 0.223. The number of hydrogen-bond acceptors (Lipinski definition) is 3. The van der Waals surface area contributed by atoms with Crippen LogP contribution in [0.4, 0.5) is 0 Å². The zero-order chi connectivity index (χ0) is 20.9. The first-order valence-electron chi connectivity index (χ1n) is 9.72. The first kappa shape index (κ1) is 19.3. The molecule has 4 rings (SSSR count). The quantitative estimate of drug-likeness (QED) is 0.370. The Kier molecular flexibility index (Phi) is 5.49. The van der Waals surface area contributed by atoms with Crippen molar-refractivity contribution in [2.75, 3.05) is 13.7 Å². The molecule has 0 bridgehead atoms. The Morgan fingerprint density at radius 2 is 1.87 bits per heavy atom. The molecule has 0 aliphatic carbocycles. The van der Waals surface area contributed by atoms with E-state index in [4.69, 9.17) is 4.74 Å². The van der Waals surface area contributed by atoms with Crippen molar-refractivity contribution >= 4 is 33.7 Å². The molecule has 0 fully saturated rings. The van der Waals surface area contributed by atoms with E-state index in [2.05, 4.69) is 16.4 Å². The van der Waals surface area contributed by atoms with Crippen LogP contribution in [0.3, 0.4) is 0 Å². The largest absolute Gasteiger partial charge is 0.496 e. The second kappa shape index (κ2) is 8.54. The summed E-state index contributed by atoms with van der Waals surface area (Å²) in [5.41, 5.74) is 2.96. The van der Waals surface area contributed by atoms with E-state index < -0.39 is 5.91 Å². The molecule has 0 radical (unpaired) electrons. The van der Waals surface area contributed by atoms with Gasteiger partial charge < -0.3 is 15.0 Å². The summed E-state index contributed by atoms with van der Waals surface area (Å²) < 4.78 is 5.46. The van der Waals surface area contributed by atoms with Gasteiger partial charge in [-0.2, -0.15) is 5.26 Å².